The first-order valence-corrected chi connectivity index (χ1v) is 11.9. The van der Waals surface area contributed by atoms with Gasteiger partial charge in [-0.05, 0) is 42.0 Å². The lowest BCUT2D eigenvalue weighted by atomic mass is 10.1. The van der Waals surface area contributed by atoms with Crippen molar-refractivity contribution in [3.63, 3.8) is 0 Å². The van der Waals surface area contributed by atoms with Gasteiger partial charge in [0.1, 0.15) is 16.9 Å². The molecule has 11 heteroatoms. The maximum Gasteiger partial charge on any atom is 0.319 e. The number of hydrogen-bond donors (Lipinski definition) is 3. The molecule has 0 radical (unpaired) electrons. The molecular weight excluding hydrogens is 512 g/mol. The van der Waals surface area contributed by atoms with Crippen molar-refractivity contribution in [2.45, 2.75) is 12.5 Å². The summed E-state index contributed by atoms with van der Waals surface area (Å²) in [5.41, 5.74) is 1.82. The number of carbonyl (C=O) groups is 2. The van der Waals surface area contributed by atoms with Crippen LogP contribution in [0.25, 0.3) is 10.6 Å². The van der Waals surface area contributed by atoms with E-state index < -0.39 is 18.0 Å². The average molecular weight is 530 g/mol. The van der Waals surface area contributed by atoms with Crippen LogP contribution in [0.5, 0.6) is 0 Å². The second-order valence-corrected chi connectivity index (χ2v) is 9.11. The van der Waals surface area contributed by atoms with Crippen molar-refractivity contribution in [2.24, 2.45) is 0 Å². The molecule has 0 fully saturated rings. The Morgan fingerprint density at radius 1 is 0.914 bits per heavy atom. The molecule has 0 saturated heterocycles. The summed E-state index contributed by atoms with van der Waals surface area (Å²) >= 11 is 13.3. The summed E-state index contributed by atoms with van der Waals surface area (Å²) in [6, 6.07) is 18.3. The van der Waals surface area contributed by atoms with Crippen molar-refractivity contribution in [1.82, 2.24) is 15.5 Å². The zero-order valence-electron chi connectivity index (χ0n) is 18.0. The third-order valence-corrected chi connectivity index (χ3v) is 6.56. The molecule has 0 saturated carbocycles. The second kappa shape index (κ2) is 11.3. The molecule has 4 rings (SSSR count). The van der Waals surface area contributed by atoms with Crippen molar-refractivity contribution in [2.75, 3.05) is 10.6 Å². The lowest BCUT2D eigenvalue weighted by Crippen LogP contribution is -2.47. The Labute approximate surface area is 214 Å². The fourth-order valence-electron chi connectivity index (χ4n) is 3.15. The zero-order valence-corrected chi connectivity index (χ0v) is 20.3. The second-order valence-electron chi connectivity index (χ2n) is 7.35. The van der Waals surface area contributed by atoms with Gasteiger partial charge in [-0.1, -0.05) is 70.9 Å². The number of carbonyl (C=O) groups excluding carboxylic acids is 2. The minimum Gasteiger partial charge on any atom is -0.326 e. The third-order valence-electron chi connectivity index (χ3n) is 4.85. The number of nitrogens with zero attached hydrogens (tertiary/aromatic N) is 2. The fourth-order valence-corrected chi connectivity index (χ4v) is 4.25. The van der Waals surface area contributed by atoms with Gasteiger partial charge in [0.2, 0.25) is 11.0 Å². The van der Waals surface area contributed by atoms with Crippen LogP contribution >= 0.6 is 34.5 Å². The van der Waals surface area contributed by atoms with Gasteiger partial charge in [-0.15, -0.1) is 10.2 Å². The highest BCUT2D eigenvalue weighted by atomic mass is 35.5. The third kappa shape index (κ3) is 6.54. The first-order valence-electron chi connectivity index (χ1n) is 10.3. The maximum absolute atomic E-state index is 13.2. The van der Waals surface area contributed by atoms with Gasteiger partial charge in [0.05, 0.1) is 15.7 Å². The molecule has 7 nitrogen and oxygen atoms in total. The number of benzene rings is 3. The van der Waals surface area contributed by atoms with Crippen LogP contribution in [0.2, 0.25) is 10.0 Å². The van der Waals surface area contributed by atoms with E-state index in [1.807, 2.05) is 30.3 Å². The summed E-state index contributed by atoms with van der Waals surface area (Å²) in [5, 5.41) is 17.3. The lowest BCUT2D eigenvalue weighted by Gasteiger charge is -2.18. The maximum atomic E-state index is 13.2. The molecule has 0 spiro atoms. The molecule has 0 aliphatic carbocycles. The molecule has 0 aliphatic heterocycles. The number of nitrogens with one attached hydrogen (secondary N) is 3. The van der Waals surface area contributed by atoms with E-state index in [-0.39, 0.29) is 27.4 Å². The summed E-state index contributed by atoms with van der Waals surface area (Å²) in [7, 11) is 0. The molecule has 4 aromatic rings. The highest BCUT2D eigenvalue weighted by molar-refractivity contribution is 7.18. The predicted molar refractivity (Wildman–Crippen MR) is 136 cm³/mol. The van der Waals surface area contributed by atoms with Gasteiger partial charge >= 0.3 is 6.03 Å². The van der Waals surface area contributed by atoms with E-state index in [1.165, 1.54) is 12.1 Å². The molecule has 3 amide bonds. The molecule has 1 atom stereocenters. The van der Waals surface area contributed by atoms with Gasteiger partial charge in [0.15, 0.2) is 0 Å². The molecule has 0 bridgehead atoms. The van der Waals surface area contributed by atoms with Crippen molar-refractivity contribution < 1.29 is 14.0 Å². The van der Waals surface area contributed by atoms with Gasteiger partial charge in [-0.3, -0.25) is 10.1 Å². The number of hydrogen-bond acceptors (Lipinski definition) is 5. The van der Waals surface area contributed by atoms with Crippen molar-refractivity contribution in [3.8, 4) is 10.6 Å². The largest absolute Gasteiger partial charge is 0.326 e. The van der Waals surface area contributed by atoms with Gasteiger partial charge in [-0.2, -0.15) is 0 Å². The Morgan fingerprint density at radius 3 is 2.40 bits per heavy atom. The smallest absolute Gasteiger partial charge is 0.319 e. The first-order chi connectivity index (χ1) is 16.9. The van der Waals surface area contributed by atoms with Crippen LogP contribution < -0.4 is 16.0 Å². The Morgan fingerprint density at radius 2 is 1.66 bits per heavy atom. The molecule has 3 N–H and O–H groups in total. The predicted octanol–water partition coefficient (Wildman–Crippen LogP) is 6.02. The van der Waals surface area contributed by atoms with Gasteiger partial charge < -0.3 is 10.6 Å². The number of aromatic nitrogens is 2. The minimum atomic E-state index is -0.937. The van der Waals surface area contributed by atoms with Crippen LogP contribution in [-0.2, 0) is 11.2 Å². The van der Waals surface area contributed by atoms with Crippen LogP contribution in [-0.4, -0.2) is 28.2 Å². The molecular formula is C24H18Cl2FN5O2S. The van der Waals surface area contributed by atoms with E-state index in [4.69, 9.17) is 23.2 Å². The summed E-state index contributed by atoms with van der Waals surface area (Å²) < 4.78 is 13.2. The molecule has 0 aliphatic rings. The summed E-state index contributed by atoms with van der Waals surface area (Å²) in [6.07, 6.45) is 0.229. The van der Waals surface area contributed by atoms with E-state index in [9.17, 15) is 14.0 Å². The normalized spacial score (nSPS) is 11.5. The summed E-state index contributed by atoms with van der Waals surface area (Å²) in [5.74, 6) is -0.845. The number of rotatable bonds is 7. The summed E-state index contributed by atoms with van der Waals surface area (Å²) in [6.45, 7) is 0. The van der Waals surface area contributed by atoms with E-state index in [1.54, 1.807) is 30.3 Å². The number of amides is 3. The molecule has 178 valence electrons. The first kappa shape index (κ1) is 24.6. The minimum absolute atomic E-state index is 0.190. The quantitative estimate of drug-likeness (QED) is 0.272. The van der Waals surface area contributed by atoms with Crippen molar-refractivity contribution in [3.05, 3.63) is 94.2 Å². The topological polar surface area (TPSA) is 96.0 Å². The number of anilines is 2. The van der Waals surface area contributed by atoms with Crippen molar-refractivity contribution >= 4 is 57.3 Å². The van der Waals surface area contributed by atoms with E-state index >= 15 is 0 Å². The summed E-state index contributed by atoms with van der Waals surface area (Å²) in [4.78, 5) is 25.8. The van der Waals surface area contributed by atoms with Crippen molar-refractivity contribution in [1.29, 1.82) is 0 Å². The van der Waals surface area contributed by atoms with E-state index in [2.05, 4.69) is 26.1 Å². The highest BCUT2D eigenvalue weighted by Crippen LogP contribution is 2.29. The Bertz CT molecular complexity index is 1340. The van der Waals surface area contributed by atoms with Crippen LogP contribution in [0.1, 0.15) is 5.56 Å². The molecule has 3 aromatic carbocycles. The van der Waals surface area contributed by atoms with E-state index in [0.29, 0.717) is 16.3 Å². The SMILES string of the molecule is O=C(Nc1cccc(Cl)c1Cl)N[C@H](Cc1ccccc1)C(=O)Nc1nnc(-c2ccc(F)cc2)s1. The monoisotopic (exact) mass is 529 g/mol. The van der Waals surface area contributed by atoms with Gasteiger partial charge in [0.25, 0.3) is 0 Å². The average Bonchev–Trinajstić information content (AvgIpc) is 3.31. The van der Waals surface area contributed by atoms with Crippen LogP contribution in [0.3, 0.4) is 0 Å². The Kier molecular flexibility index (Phi) is 7.91. The fraction of sp³-hybridized carbons (Fsp3) is 0.0833. The van der Waals surface area contributed by atoms with Gasteiger partial charge in [0, 0.05) is 12.0 Å². The zero-order chi connectivity index (χ0) is 24.8. The van der Waals surface area contributed by atoms with Crippen LogP contribution in [0.15, 0.2) is 72.8 Å². The van der Waals surface area contributed by atoms with Crippen LogP contribution in [0, 0.1) is 5.82 Å². The van der Waals surface area contributed by atoms with E-state index in [0.717, 1.165) is 16.9 Å². The Hall–Kier alpha value is -3.53. The highest BCUT2D eigenvalue weighted by Gasteiger charge is 2.23. The molecule has 1 heterocycles. The standard InChI is InChI=1S/C24H18Cl2FN5O2S/c25-17-7-4-8-18(20(17)26)28-23(34)29-19(13-14-5-2-1-3-6-14)21(33)30-24-32-31-22(35-24)15-9-11-16(27)12-10-15/h1-12,19H,13H2,(H2,28,29,34)(H,30,32,33)/t19-/m1/s1. The molecule has 1 aromatic heterocycles. The van der Waals surface area contributed by atoms with Crippen LogP contribution in [0.4, 0.5) is 20.0 Å². The Balaban J connectivity index is 1.48. The number of halogens is 3. The number of urea groups is 1. The molecule has 0 unspecified atom stereocenters. The molecule has 35 heavy (non-hydrogen) atoms. The van der Waals surface area contributed by atoms with Gasteiger partial charge in [-0.25, -0.2) is 9.18 Å². The lowest BCUT2D eigenvalue weighted by molar-refractivity contribution is -0.117.